The van der Waals surface area contributed by atoms with E-state index < -0.39 is 0 Å². The summed E-state index contributed by atoms with van der Waals surface area (Å²) >= 11 is 6.13. The standard InChI is InChI=1S/C21H26ClN3O2/c1-15-5-4-6-17(11-15)25-9-7-24(8-10-25)14-21(26)23-19-12-16(2)18(22)13-20(19)27-3/h4-6,11-13H,7-10,14H2,1-3H3,(H,23,26). The molecule has 0 radical (unpaired) electrons. The van der Waals surface area contributed by atoms with E-state index in [2.05, 4.69) is 46.3 Å². The minimum absolute atomic E-state index is 0.0426. The molecule has 2 aromatic rings. The summed E-state index contributed by atoms with van der Waals surface area (Å²) in [5, 5.41) is 3.57. The molecule has 0 spiro atoms. The topological polar surface area (TPSA) is 44.8 Å². The number of carbonyl (C=O) groups excluding carboxylic acids is 1. The van der Waals surface area contributed by atoms with Gasteiger partial charge >= 0.3 is 0 Å². The number of hydrogen-bond acceptors (Lipinski definition) is 4. The van der Waals surface area contributed by atoms with Gasteiger partial charge in [-0.05, 0) is 43.2 Å². The second-order valence-corrected chi connectivity index (χ2v) is 7.36. The van der Waals surface area contributed by atoms with E-state index in [0.29, 0.717) is 23.0 Å². The summed E-state index contributed by atoms with van der Waals surface area (Å²) in [6.45, 7) is 7.93. The number of piperazine rings is 1. The third-order valence-electron chi connectivity index (χ3n) is 4.86. The Morgan fingerprint density at radius 1 is 1.15 bits per heavy atom. The molecule has 1 N–H and O–H groups in total. The summed E-state index contributed by atoms with van der Waals surface area (Å²) < 4.78 is 5.33. The quantitative estimate of drug-likeness (QED) is 0.849. The molecular weight excluding hydrogens is 362 g/mol. The maximum Gasteiger partial charge on any atom is 0.238 e. The van der Waals surface area contributed by atoms with Crippen LogP contribution in [0.25, 0.3) is 0 Å². The SMILES string of the molecule is COc1cc(Cl)c(C)cc1NC(=O)CN1CCN(c2cccc(C)c2)CC1. The van der Waals surface area contributed by atoms with Gasteiger partial charge in [-0.2, -0.15) is 0 Å². The molecule has 1 heterocycles. The maximum atomic E-state index is 12.5. The Labute approximate surface area is 165 Å². The number of rotatable bonds is 5. The lowest BCUT2D eigenvalue weighted by Gasteiger charge is -2.35. The zero-order valence-electron chi connectivity index (χ0n) is 16.1. The number of anilines is 2. The number of halogens is 1. The van der Waals surface area contributed by atoms with E-state index in [4.69, 9.17) is 16.3 Å². The van der Waals surface area contributed by atoms with Gasteiger partial charge < -0.3 is 15.0 Å². The monoisotopic (exact) mass is 387 g/mol. The highest BCUT2D eigenvalue weighted by molar-refractivity contribution is 6.31. The van der Waals surface area contributed by atoms with E-state index in [0.717, 1.165) is 31.7 Å². The van der Waals surface area contributed by atoms with Crippen LogP contribution in [0.1, 0.15) is 11.1 Å². The van der Waals surface area contributed by atoms with Gasteiger partial charge in [0, 0.05) is 43.0 Å². The Morgan fingerprint density at radius 2 is 1.89 bits per heavy atom. The highest BCUT2D eigenvalue weighted by atomic mass is 35.5. The first-order valence-electron chi connectivity index (χ1n) is 9.14. The lowest BCUT2D eigenvalue weighted by molar-refractivity contribution is -0.117. The molecular formula is C21H26ClN3O2. The van der Waals surface area contributed by atoms with Gasteiger partial charge in [0.15, 0.2) is 0 Å². The van der Waals surface area contributed by atoms with Crippen molar-refractivity contribution in [3.8, 4) is 5.75 Å². The van der Waals surface area contributed by atoms with Crippen LogP contribution >= 0.6 is 11.6 Å². The smallest absolute Gasteiger partial charge is 0.238 e. The molecule has 1 amide bonds. The molecule has 0 bridgehead atoms. The highest BCUT2D eigenvalue weighted by Crippen LogP contribution is 2.30. The van der Waals surface area contributed by atoms with Crippen molar-refractivity contribution in [2.24, 2.45) is 0 Å². The minimum Gasteiger partial charge on any atom is -0.495 e. The van der Waals surface area contributed by atoms with Crippen LogP contribution in [-0.2, 0) is 4.79 Å². The molecule has 0 aromatic heterocycles. The van der Waals surface area contributed by atoms with Crippen LogP contribution in [0.3, 0.4) is 0 Å². The Hall–Kier alpha value is -2.24. The first-order valence-corrected chi connectivity index (χ1v) is 9.52. The molecule has 0 atom stereocenters. The van der Waals surface area contributed by atoms with Crippen molar-refractivity contribution in [1.82, 2.24) is 4.90 Å². The molecule has 1 saturated heterocycles. The molecule has 5 nitrogen and oxygen atoms in total. The third kappa shape index (κ3) is 4.93. The fourth-order valence-corrected chi connectivity index (χ4v) is 3.47. The molecule has 0 aliphatic carbocycles. The molecule has 3 rings (SSSR count). The molecule has 144 valence electrons. The number of ether oxygens (including phenoxy) is 1. The van der Waals surface area contributed by atoms with Gasteiger partial charge in [0.2, 0.25) is 5.91 Å². The Balaban J connectivity index is 1.55. The van der Waals surface area contributed by atoms with Crippen molar-refractivity contribution in [1.29, 1.82) is 0 Å². The van der Waals surface area contributed by atoms with Crippen molar-refractivity contribution in [3.63, 3.8) is 0 Å². The maximum absolute atomic E-state index is 12.5. The molecule has 6 heteroatoms. The summed E-state index contributed by atoms with van der Waals surface area (Å²) in [7, 11) is 1.57. The number of hydrogen-bond donors (Lipinski definition) is 1. The number of nitrogens with one attached hydrogen (secondary N) is 1. The van der Waals surface area contributed by atoms with Crippen LogP contribution in [0.2, 0.25) is 5.02 Å². The van der Waals surface area contributed by atoms with Gasteiger partial charge in [0.05, 0.1) is 19.3 Å². The lowest BCUT2D eigenvalue weighted by atomic mass is 10.2. The molecule has 1 aliphatic rings. The average Bonchev–Trinajstić information content (AvgIpc) is 2.65. The molecule has 1 fully saturated rings. The zero-order valence-corrected chi connectivity index (χ0v) is 16.8. The normalized spacial score (nSPS) is 14.9. The number of methoxy groups -OCH3 is 1. The molecule has 1 aliphatic heterocycles. The van der Waals surface area contributed by atoms with Crippen LogP contribution in [-0.4, -0.2) is 50.6 Å². The predicted molar refractivity (Wildman–Crippen MR) is 111 cm³/mol. The largest absolute Gasteiger partial charge is 0.495 e. The molecule has 0 saturated carbocycles. The minimum atomic E-state index is -0.0426. The van der Waals surface area contributed by atoms with Gasteiger partial charge in [-0.25, -0.2) is 0 Å². The summed E-state index contributed by atoms with van der Waals surface area (Å²) in [5.74, 6) is 0.530. The van der Waals surface area contributed by atoms with Crippen LogP contribution in [0.5, 0.6) is 5.75 Å². The Morgan fingerprint density at radius 3 is 2.56 bits per heavy atom. The van der Waals surface area contributed by atoms with E-state index in [9.17, 15) is 4.79 Å². The van der Waals surface area contributed by atoms with Crippen LogP contribution < -0.4 is 15.0 Å². The van der Waals surface area contributed by atoms with Crippen molar-refractivity contribution in [3.05, 3.63) is 52.5 Å². The van der Waals surface area contributed by atoms with Crippen LogP contribution in [0.15, 0.2) is 36.4 Å². The zero-order chi connectivity index (χ0) is 19.4. The van der Waals surface area contributed by atoms with Gasteiger partial charge in [-0.15, -0.1) is 0 Å². The summed E-state index contributed by atoms with van der Waals surface area (Å²) in [4.78, 5) is 17.0. The summed E-state index contributed by atoms with van der Waals surface area (Å²) in [6.07, 6.45) is 0. The van der Waals surface area contributed by atoms with Gasteiger partial charge in [-0.1, -0.05) is 23.7 Å². The van der Waals surface area contributed by atoms with E-state index in [1.54, 1.807) is 13.2 Å². The molecule has 0 unspecified atom stereocenters. The molecule has 27 heavy (non-hydrogen) atoms. The van der Waals surface area contributed by atoms with Crippen molar-refractivity contribution in [2.45, 2.75) is 13.8 Å². The first kappa shape index (κ1) is 19.5. The van der Waals surface area contributed by atoms with Crippen molar-refractivity contribution in [2.75, 3.05) is 50.1 Å². The van der Waals surface area contributed by atoms with E-state index in [-0.39, 0.29) is 5.91 Å². The third-order valence-corrected chi connectivity index (χ3v) is 5.27. The fraction of sp³-hybridized carbons (Fsp3) is 0.381. The number of nitrogens with zero attached hydrogens (tertiary/aromatic N) is 2. The fourth-order valence-electron chi connectivity index (χ4n) is 3.31. The van der Waals surface area contributed by atoms with E-state index in [1.807, 2.05) is 13.0 Å². The van der Waals surface area contributed by atoms with Crippen LogP contribution in [0, 0.1) is 13.8 Å². The second kappa shape index (κ2) is 8.63. The number of benzene rings is 2. The lowest BCUT2D eigenvalue weighted by Crippen LogP contribution is -2.48. The van der Waals surface area contributed by atoms with Crippen LogP contribution in [0.4, 0.5) is 11.4 Å². The van der Waals surface area contributed by atoms with Crippen molar-refractivity contribution < 1.29 is 9.53 Å². The summed E-state index contributed by atoms with van der Waals surface area (Å²) in [6, 6.07) is 12.1. The number of carbonyl (C=O) groups is 1. The van der Waals surface area contributed by atoms with Crippen molar-refractivity contribution >= 4 is 28.9 Å². The second-order valence-electron chi connectivity index (χ2n) is 6.95. The highest BCUT2D eigenvalue weighted by Gasteiger charge is 2.20. The summed E-state index contributed by atoms with van der Waals surface area (Å²) in [5.41, 5.74) is 4.07. The average molecular weight is 388 g/mol. The van der Waals surface area contributed by atoms with Gasteiger partial charge in [0.25, 0.3) is 0 Å². The van der Waals surface area contributed by atoms with Gasteiger partial charge in [0.1, 0.15) is 5.75 Å². The number of amides is 1. The first-order chi connectivity index (χ1) is 13.0. The van der Waals surface area contributed by atoms with Gasteiger partial charge in [-0.3, -0.25) is 9.69 Å². The molecule has 2 aromatic carbocycles. The van der Waals surface area contributed by atoms with E-state index >= 15 is 0 Å². The Bertz CT molecular complexity index is 817. The predicted octanol–water partition coefficient (Wildman–Crippen LogP) is 3.73. The number of aryl methyl sites for hydroxylation is 2. The Kier molecular flexibility index (Phi) is 6.24. The van der Waals surface area contributed by atoms with E-state index in [1.165, 1.54) is 11.3 Å².